The van der Waals surface area contributed by atoms with Crippen molar-refractivity contribution in [3.63, 3.8) is 0 Å². The largest absolute Gasteiger partial charge is 0.434 e. The van der Waals surface area contributed by atoms with Gasteiger partial charge in [-0.05, 0) is 21.8 Å². The summed E-state index contributed by atoms with van der Waals surface area (Å²) in [5.41, 5.74) is -1.10. The second kappa shape index (κ2) is 5.24. The van der Waals surface area contributed by atoms with Crippen molar-refractivity contribution < 1.29 is 18.0 Å². The molecule has 0 aliphatic carbocycles. The lowest BCUT2D eigenvalue weighted by Crippen LogP contribution is -2.28. The van der Waals surface area contributed by atoms with Gasteiger partial charge in [-0.15, -0.1) is 11.6 Å². The fourth-order valence-electron chi connectivity index (χ4n) is 1.76. The smallest absolute Gasteiger partial charge is 0.280 e. The first-order valence-electron chi connectivity index (χ1n) is 5.29. The van der Waals surface area contributed by atoms with Crippen molar-refractivity contribution in [1.82, 2.24) is 9.97 Å². The summed E-state index contributed by atoms with van der Waals surface area (Å²) in [7, 11) is 0. The Morgan fingerprint density at radius 1 is 1.53 bits per heavy atom. The molecule has 19 heavy (non-hydrogen) atoms. The van der Waals surface area contributed by atoms with Gasteiger partial charge < -0.3 is 0 Å². The molecular formula is C10H8BrClF3N3O. The molecule has 9 heteroatoms. The fourth-order valence-corrected chi connectivity index (χ4v) is 2.39. The quantitative estimate of drug-likeness (QED) is 0.764. The standard InChI is InChI=1S/C10H8BrClF3N3O/c11-6-3-16-9(17-8(6)10(13,14)15)18-4-5(2-12)1-7(18)19/h3,5H,1-2,4H2. The van der Waals surface area contributed by atoms with Crippen LogP contribution in [0.25, 0.3) is 0 Å². The van der Waals surface area contributed by atoms with Gasteiger partial charge in [0, 0.05) is 25.0 Å². The van der Waals surface area contributed by atoms with Gasteiger partial charge in [-0.25, -0.2) is 9.97 Å². The van der Waals surface area contributed by atoms with Gasteiger partial charge in [0.1, 0.15) is 0 Å². The van der Waals surface area contributed by atoms with Gasteiger partial charge in [-0.2, -0.15) is 13.2 Å². The van der Waals surface area contributed by atoms with E-state index >= 15 is 0 Å². The molecule has 0 aromatic carbocycles. The van der Waals surface area contributed by atoms with Gasteiger partial charge >= 0.3 is 6.18 Å². The van der Waals surface area contributed by atoms with Crippen LogP contribution < -0.4 is 4.90 Å². The predicted octanol–water partition coefficient (Wildman–Crippen LogP) is 2.85. The number of hydrogen-bond donors (Lipinski definition) is 0. The van der Waals surface area contributed by atoms with E-state index in [1.807, 2.05) is 0 Å². The monoisotopic (exact) mass is 357 g/mol. The van der Waals surface area contributed by atoms with Crippen LogP contribution >= 0.6 is 27.5 Å². The van der Waals surface area contributed by atoms with Crippen molar-refractivity contribution in [1.29, 1.82) is 0 Å². The first kappa shape index (κ1) is 14.5. The molecular weight excluding hydrogens is 350 g/mol. The summed E-state index contributed by atoms with van der Waals surface area (Å²) in [5.74, 6) is -0.379. The highest BCUT2D eigenvalue weighted by atomic mass is 79.9. The lowest BCUT2D eigenvalue weighted by molar-refractivity contribution is -0.141. The molecule has 1 saturated heterocycles. The van der Waals surface area contributed by atoms with Gasteiger partial charge in [-0.1, -0.05) is 0 Å². The predicted molar refractivity (Wildman–Crippen MR) is 65.9 cm³/mol. The molecule has 1 aliphatic heterocycles. The maximum atomic E-state index is 12.7. The van der Waals surface area contributed by atoms with Crippen molar-refractivity contribution in [3.05, 3.63) is 16.4 Å². The summed E-state index contributed by atoms with van der Waals surface area (Å²) >= 11 is 8.39. The van der Waals surface area contributed by atoms with Gasteiger partial charge in [0.05, 0.1) is 4.47 Å². The highest BCUT2D eigenvalue weighted by Crippen LogP contribution is 2.34. The molecule has 0 saturated carbocycles. The highest BCUT2D eigenvalue weighted by Gasteiger charge is 2.38. The van der Waals surface area contributed by atoms with Crippen molar-refractivity contribution in [3.8, 4) is 0 Å². The SMILES string of the molecule is O=C1CC(CCl)CN1c1ncc(Br)c(C(F)(F)F)n1. The van der Waals surface area contributed by atoms with Crippen molar-refractivity contribution in [2.45, 2.75) is 12.6 Å². The number of nitrogens with zero attached hydrogens (tertiary/aromatic N) is 3. The first-order valence-corrected chi connectivity index (χ1v) is 6.61. The Balaban J connectivity index is 2.34. The van der Waals surface area contributed by atoms with E-state index in [2.05, 4.69) is 25.9 Å². The van der Waals surface area contributed by atoms with E-state index in [0.29, 0.717) is 0 Å². The minimum atomic E-state index is -4.61. The first-order chi connectivity index (χ1) is 8.82. The molecule has 2 heterocycles. The third-order valence-electron chi connectivity index (χ3n) is 2.66. The molecule has 0 spiro atoms. The van der Waals surface area contributed by atoms with E-state index in [9.17, 15) is 18.0 Å². The average Bonchev–Trinajstić information content (AvgIpc) is 2.70. The van der Waals surface area contributed by atoms with Crippen LogP contribution in [-0.4, -0.2) is 28.3 Å². The zero-order chi connectivity index (χ0) is 14.2. The van der Waals surface area contributed by atoms with Gasteiger partial charge in [-0.3, -0.25) is 9.69 Å². The van der Waals surface area contributed by atoms with Crippen LogP contribution in [0, 0.1) is 5.92 Å². The third-order valence-corrected chi connectivity index (χ3v) is 3.68. The van der Waals surface area contributed by atoms with Crippen LogP contribution in [0.1, 0.15) is 12.1 Å². The highest BCUT2D eigenvalue weighted by molar-refractivity contribution is 9.10. The van der Waals surface area contributed by atoms with Crippen LogP contribution in [-0.2, 0) is 11.0 Å². The Bertz CT molecular complexity index is 511. The number of carbonyl (C=O) groups is 1. The number of aromatic nitrogens is 2. The molecule has 1 unspecified atom stereocenters. The van der Waals surface area contributed by atoms with Crippen LogP contribution in [0.2, 0.25) is 0 Å². The Hall–Kier alpha value is -0.890. The molecule has 1 atom stereocenters. The molecule has 1 amide bonds. The van der Waals surface area contributed by atoms with Gasteiger partial charge in [0.25, 0.3) is 0 Å². The van der Waals surface area contributed by atoms with E-state index in [0.717, 1.165) is 11.1 Å². The molecule has 2 rings (SSSR count). The zero-order valence-corrected chi connectivity index (χ0v) is 11.8. The summed E-state index contributed by atoms with van der Waals surface area (Å²) in [5, 5.41) is 0. The number of anilines is 1. The Labute approximate surface area is 120 Å². The molecule has 4 nitrogen and oxygen atoms in total. The summed E-state index contributed by atoms with van der Waals surface area (Å²) in [4.78, 5) is 20.0. The lowest BCUT2D eigenvalue weighted by Gasteiger charge is -2.16. The number of carbonyl (C=O) groups excluding carboxylic acids is 1. The van der Waals surface area contributed by atoms with E-state index in [-0.39, 0.29) is 41.1 Å². The molecule has 104 valence electrons. The summed E-state index contributed by atoms with van der Waals surface area (Å²) < 4.78 is 37.9. The van der Waals surface area contributed by atoms with Crippen LogP contribution in [0.5, 0.6) is 0 Å². The number of hydrogen-bond acceptors (Lipinski definition) is 3. The van der Waals surface area contributed by atoms with Crippen LogP contribution in [0.15, 0.2) is 10.7 Å². The van der Waals surface area contributed by atoms with Crippen LogP contribution in [0.4, 0.5) is 19.1 Å². The fraction of sp³-hybridized carbons (Fsp3) is 0.500. The molecule has 0 radical (unpaired) electrons. The van der Waals surface area contributed by atoms with Crippen molar-refractivity contribution >= 4 is 39.4 Å². The number of amides is 1. The Morgan fingerprint density at radius 3 is 2.74 bits per heavy atom. The maximum absolute atomic E-state index is 12.7. The maximum Gasteiger partial charge on any atom is 0.434 e. The number of halogens is 5. The molecule has 1 aliphatic rings. The van der Waals surface area contributed by atoms with E-state index in [4.69, 9.17) is 11.6 Å². The van der Waals surface area contributed by atoms with E-state index in [1.54, 1.807) is 0 Å². The molecule has 1 aromatic rings. The lowest BCUT2D eigenvalue weighted by atomic mass is 10.2. The zero-order valence-electron chi connectivity index (χ0n) is 9.42. The van der Waals surface area contributed by atoms with Gasteiger partial charge in [0.15, 0.2) is 5.69 Å². The number of rotatable bonds is 2. The molecule has 1 aromatic heterocycles. The van der Waals surface area contributed by atoms with E-state index < -0.39 is 11.9 Å². The number of alkyl halides is 4. The summed E-state index contributed by atoms with van der Waals surface area (Å²) in [6.07, 6.45) is -3.41. The summed E-state index contributed by atoms with van der Waals surface area (Å²) in [6.45, 7) is 0.237. The van der Waals surface area contributed by atoms with Crippen molar-refractivity contribution in [2.24, 2.45) is 5.92 Å². The second-order valence-corrected chi connectivity index (χ2v) is 5.26. The average molecular weight is 359 g/mol. The van der Waals surface area contributed by atoms with Crippen molar-refractivity contribution in [2.75, 3.05) is 17.3 Å². The Kier molecular flexibility index (Phi) is 4.00. The van der Waals surface area contributed by atoms with E-state index in [1.165, 1.54) is 0 Å². The molecule has 0 N–H and O–H groups in total. The topological polar surface area (TPSA) is 46.1 Å². The minimum absolute atomic E-state index is 0.0873. The van der Waals surface area contributed by atoms with Gasteiger partial charge in [0.2, 0.25) is 11.9 Å². The third kappa shape index (κ3) is 3.00. The molecule has 0 bridgehead atoms. The van der Waals surface area contributed by atoms with Crippen LogP contribution in [0.3, 0.4) is 0 Å². The minimum Gasteiger partial charge on any atom is -0.280 e. The second-order valence-electron chi connectivity index (χ2n) is 4.09. The normalized spacial score (nSPS) is 20.2. The Morgan fingerprint density at radius 2 is 2.21 bits per heavy atom. The summed E-state index contributed by atoms with van der Waals surface area (Å²) in [6, 6.07) is 0. The molecule has 1 fully saturated rings.